The fraction of sp³-hybridized carbons (Fsp3) is 0.235. The van der Waals surface area contributed by atoms with Crippen LogP contribution >= 0.6 is 15.9 Å². The molecule has 6 nitrogen and oxygen atoms in total. The molecule has 0 saturated heterocycles. The molecule has 1 atom stereocenters. The number of ether oxygens (including phenoxy) is 1. The molecule has 0 fully saturated rings. The predicted molar refractivity (Wildman–Crippen MR) is 100 cm³/mol. The molecular weight excluding hydrogens is 408 g/mol. The van der Waals surface area contributed by atoms with E-state index in [4.69, 9.17) is 4.74 Å². The van der Waals surface area contributed by atoms with Gasteiger partial charge in [0, 0.05) is 23.1 Å². The van der Waals surface area contributed by atoms with Gasteiger partial charge < -0.3 is 10.1 Å². The van der Waals surface area contributed by atoms with Crippen molar-refractivity contribution >= 4 is 43.2 Å². The van der Waals surface area contributed by atoms with Gasteiger partial charge in [-0.15, -0.1) is 0 Å². The maximum atomic E-state index is 12.6. The Morgan fingerprint density at radius 3 is 2.56 bits per heavy atom. The monoisotopic (exact) mass is 424 g/mol. The maximum Gasteiger partial charge on any atom is 0.265 e. The first-order chi connectivity index (χ1) is 11.8. The first-order valence-corrected chi connectivity index (χ1v) is 10.3. The average Bonchev–Trinajstić information content (AvgIpc) is 2.76. The Morgan fingerprint density at radius 1 is 1.20 bits per heavy atom. The molecule has 1 aliphatic rings. The van der Waals surface area contributed by atoms with Gasteiger partial charge in [0.1, 0.15) is 5.75 Å². The van der Waals surface area contributed by atoms with Gasteiger partial charge >= 0.3 is 0 Å². The molecule has 0 spiro atoms. The summed E-state index contributed by atoms with van der Waals surface area (Å²) in [5.41, 5.74) is 1.10. The van der Waals surface area contributed by atoms with Crippen LogP contribution in [0.4, 0.5) is 11.4 Å². The minimum atomic E-state index is -3.46. The number of anilines is 2. The van der Waals surface area contributed by atoms with Gasteiger partial charge in [0.2, 0.25) is 10.0 Å². The fourth-order valence-electron chi connectivity index (χ4n) is 2.62. The van der Waals surface area contributed by atoms with Gasteiger partial charge in [0.05, 0.1) is 11.9 Å². The highest BCUT2D eigenvalue weighted by molar-refractivity contribution is 9.10. The molecule has 132 valence electrons. The lowest BCUT2D eigenvalue weighted by molar-refractivity contribution is -0.122. The van der Waals surface area contributed by atoms with Gasteiger partial charge in [-0.1, -0.05) is 28.1 Å². The van der Waals surface area contributed by atoms with E-state index in [2.05, 4.69) is 21.2 Å². The average molecular weight is 425 g/mol. The highest BCUT2D eigenvalue weighted by atomic mass is 79.9. The van der Waals surface area contributed by atoms with Crippen molar-refractivity contribution in [3.05, 3.63) is 53.0 Å². The van der Waals surface area contributed by atoms with Crippen LogP contribution < -0.4 is 14.4 Å². The Hall–Kier alpha value is -2.06. The van der Waals surface area contributed by atoms with Gasteiger partial charge in [-0.2, -0.15) is 0 Å². The molecule has 0 aromatic heterocycles. The van der Waals surface area contributed by atoms with Crippen molar-refractivity contribution < 1.29 is 17.9 Å². The van der Waals surface area contributed by atoms with Crippen molar-refractivity contribution in [2.75, 3.05) is 22.4 Å². The molecule has 0 aliphatic carbocycles. The van der Waals surface area contributed by atoms with Crippen LogP contribution in [0.25, 0.3) is 0 Å². The summed E-state index contributed by atoms with van der Waals surface area (Å²) < 4.78 is 32.1. The van der Waals surface area contributed by atoms with Crippen LogP contribution in [0.2, 0.25) is 0 Å². The molecule has 1 heterocycles. The third kappa shape index (κ3) is 4.13. The van der Waals surface area contributed by atoms with Gasteiger partial charge in [0.15, 0.2) is 6.10 Å². The fourth-order valence-corrected chi connectivity index (χ4v) is 3.82. The van der Waals surface area contributed by atoms with E-state index in [1.54, 1.807) is 36.4 Å². The summed E-state index contributed by atoms with van der Waals surface area (Å²) in [4.78, 5) is 12.6. The Kier molecular flexibility index (Phi) is 5.01. The minimum absolute atomic E-state index is 0.175. The Balaban J connectivity index is 1.83. The molecule has 0 bridgehead atoms. The first-order valence-electron chi connectivity index (χ1n) is 7.64. The number of rotatable bonds is 3. The zero-order valence-corrected chi connectivity index (χ0v) is 15.9. The smallest absolute Gasteiger partial charge is 0.265 e. The number of benzene rings is 2. The number of para-hydroxylation sites is 2. The Bertz CT molecular complexity index is 884. The SMILES string of the molecule is CS(=O)(=O)N1CC[C@@H](C(=O)Nc2ccc(Br)cc2)Oc2ccccc21. The summed E-state index contributed by atoms with van der Waals surface area (Å²) in [6, 6.07) is 14.0. The van der Waals surface area contributed by atoms with Crippen molar-refractivity contribution in [1.29, 1.82) is 0 Å². The lowest BCUT2D eigenvalue weighted by atomic mass is 10.2. The normalized spacial score (nSPS) is 17.2. The van der Waals surface area contributed by atoms with Crippen LogP contribution in [-0.4, -0.2) is 33.2 Å². The molecule has 2 aromatic carbocycles. The lowest BCUT2D eigenvalue weighted by Gasteiger charge is -2.20. The third-order valence-corrected chi connectivity index (χ3v) is 5.51. The van der Waals surface area contributed by atoms with Gasteiger partial charge in [0.25, 0.3) is 5.91 Å². The third-order valence-electron chi connectivity index (χ3n) is 3.80. The number of halogens is 1. The van der Waals surface area contributed by atoms with Crippen LogP contribution in [0.15, 0.2) is 53.0 Å². The summed E-state index contributed by atoms with van der Waals surface area (Å²) >= 11 is 3.34. The van der Waals surface area contributed by atoms with Crippen molar-refractivity contribution in [2.45, 2.75) is 12.5 Å². The van der Waals surface area contributed by atoms with Gasteiger partial charge in [-0.05, 0) is 36.4 Å². The number of nitrogens with one attached hydrogen (secondary N) is 1. The second kappa shape index (κ2) is 7.05. The van der Waals surface area contributed by atoms with Gasteiger partial charge in [-0.25, -0.2) is 8.42 Å². The Labute approximate surface area is 155 Å². The molecule has 1 aliphatic heterocycles. The van der Waals surface area contributed by atoms with Crippen LogP contribution in [0, 0.1) is 0 Å². The lowest BCUT2D eigenvalue weighted by Crippen LogP contribution is -2.35. The minimum Gasteiger partial charge on any atom is -0.478 e. The van der Waals surface area contributed by atoms with Gasteiger partial charge in [-0.3, -0.25) is 9.10 Å². The molecular formula is C17H17BrN2O4S. The van der Waals surface area contributed by atoms with E-state index in [1.807, 2.05) is 12.1 Å². The van der Waals surface area contributed by atoms with Crippen LogP contribution in [0.5, 0.6) is 5.75 Å². The van der Waals surface area contributed by atoms with E-state index in [1.165, 1.54) is 4.31 Å². The first kappa shape index (κ1) is 17.8. The molecule has 25 heavy (non-hydrogen) atoms. The quantitative estimate of drug-likeness (QED) is 0.821. The second-order valence-electron chi connectivity index (χ2n) is 5.69. The van der Waals surface area contributed by atoms with E-state index < -0.39 is 16.1 Å². The standard InChI is InChI=1S/C17H17BrN2O4S/c1-25(22,23)20-11-10-16(24-15-5-3-2-4-14(15)20)17(21)19-13-8-6-12(18)7-9-13/h2-9,16H,10-11H2,1H3,(H,19,21)/t16-/m0/s1. The molecule has 8 heteroatoms. The molecule has 0 unspecified atom stereocenters. The summed E-state index contributed by atoms with van der Waals surface area (Å²) in [6.07, 6.45) is 0.618. The largest absolute Gasteiger partial charge is 0.478 e. The van der Waals surface area contributed by atoms with Crippen molar-refractivity contribution in [3.63, 3.8) is 0 Å². The van der Waals surface area contributed by atoms with E-state index in [0.717, 1.165) is 10.7 Å². The highest BCUT2D eigenvalue weighted by Crippen LogP contribution is 2.34. The van der Waals surface area contributed by atoms with Crippen molar-refractivity contribution in [3.8, 4) is 5.75 Å². The van der Waals surface area contributed by atoms with E-state index in [-0.39, 0.29) is 18.9 Å². The second-order valence-corrected chi connectivity index (χ2v) is 8.52. The number of carbonyl (C=O) groups is 1. The topological polar surface area (TPSA) is 75.7 Å². The number of amides is 1. The number of hydrogen-bond donors (Lipinski definition) is 1. The molecule has 0 saturated carbocycles. The number of hydrogen-bond acceptors (Lipinski definition) is 4. The van der Waals surface area contributed by atoms with E-state index in [9.17, 15) is 13.2 Å². The summed E-state index contributed by atoms with van der Waals surface area (Å²) in [6.45, 7) is 0.175. The zero-order chi connectivity index (χ0) is 18.0. The summed E-state index contributed by atoms with van der Waals surface area (Å²) in [5.74, 6) is 0.0638. The highest BCUT2D eigenvalue weighted by Gasteiger charge is 2.30. The van der Waals surface area contributed by atoms with Crippen LogP contribution in [-0.2, 0) is 14.8 Å². The number of sulfonamides is 1. The van der Waals surface area contributed by atoms with E-state index in [0.29, 0.717) is 17.1 Å². The van der Waals surface area contributed by atoms with Crippen molar-refractivity contribution in [1.82, 2.24) is 0 Å². The molecule has 2 aromatic rings. The molecule has 0 radical (unpaired) electrons. The summed E-state index contributed by atoms with van der Waals surface area (Å²) in [5, 5.41) is 2.80. The Morgan fingerprint density at radius 2 is 1.88 bits per heavy atom. The zero-order valence-electron chi connectivity index (χ0n) is 13.5. The predicted octanol–water partition coefficient (Wildman–Crippen LogP) is 3.00. The molecule has 1 N–H and O–H groups in total. The van der Waals surface area contributed by atoms with E-state index >= 15 is 0 Å². The number of nitrogens with zero attached hydrogens (tertiary/aromatic N) is 1. The number of fused-ring (bicyclic) bond motifs is 1. The summed E-state index contributed by atoms with van der Waals surface area (Å²) in [7, 11) is -3.46. The molecule has 1 amide bonds. The van der Waals surface area contributed by atoms with Crippen LogP contribution in [0.3, 0.4) is 0 Å². The maximum absolute atomic E-state index is 12.6. The van der Waals surface area contributed by atoms with Crippen LogP contribution in [0.1, 0.15) is 6.42 Å². The van der Waals surface area contributed by atoms with Crippen molar-refractivity contribution in [2.24, 2.45) is 0 Å². The molecule has 3 rings (SSSR count). The number of carbonyl (C=O) groups excluding carboxylic acids is 1.